The van der Waals surface area contributed by atoms with Gasteiger partial charge in [0.25, 0.3) is 0 Å². The Bertz CT molecular complexity index is 1040. The number of halogens is 1. The minimum absolute atomic E-state index is 0.0929. The molecule has 0 saturated heterocycles. The van der Waals surface area contributed by atoms with Gasteiger partial charge in [-0.25, -0.2) is 13.1 Å². The van der Waals surface area contributed by atoms with Gasteiger partial charge in [-0.05, 0) is 42.5 Å². The monoisotopic (exact) mass is 465 g/mol. The summed E-state index contributed by atoms with van der Waals surface area (Å²) in [7, 11) is -3.75. The van der Waals surface area contributed by atoms with Gasteiger partial charge in [0.1, 0.15) is 15.7 Å². The summed E-state index contributed by atoms with van der Waals surface area (Å²) >= 11 is 4.78. The Kier molecular flexibility index (Phi) is 5.98. The van der Waals surface area contributed by atoms with E-state index in [1.54, 1.807) is 28.9 Å². The highest BCUT2D eigenvalue weighted by Gasteiger charge is 2.29. The molecular weight excluding hydrogens is 446 g/mol. The SMILES string of the molecule is CCSc1nn(Cc2ccc(Br)cc2)c(N)c1S(=O)(=O)c1ccc(C)cc1. The van der Waals surface area contributed by atoms with Crippen molar-refractivity contribution in [3.8, 4) is 0 Å². The van der Waals surface area contributed by atoms with Crippen molar-refractivity contribution >= 4 is 43.3 Å². The van der Waals surface area contributed by atoms with Gasteiger partial charge in [-0.3, -0.25) is 0 Å². The molecule has 27 heavy (non-hydrogen) atoms. The van der Waals surface area contributed by atoms with E-state index in [0.29, 0.717) is 17.3 Å². The third-order valence-electron chi connectivity index (χ3n) is 4.04. The molecule has 0 aliphatic rings. The Morgan fingerprint density at radius 1 is 1.11 bits per heavy atom. The lowest BCUT2D eigenvalue weighted by Crippen LogP contribution is -2.09. The molecule has 1 heterocycles. The van der Waals surface area contributed by atoms with Crippen LogP contribution in [0.3, 0.4) is 0 Å². The summed E-state index contributed by atoms with van der Waals surface area (Å²) in [5, 5.41) is 4.93. The second kappa shape index (κ2) is 8.08. The lowest BCUT2D eigenvalue weighted by molar-refractivity contribution is 0.594. The fourth-order valence-electron chi connectivity index (χ4n) is 2.64. The molecule has 3 rings (SSSR count). The van der Waals surface area contributed by atoms with Crippen molar-refractivity contribution in [2.45, 2.75) is 35.2 Å². The van der Waals surface area contributed by atoms with Gasteiger partial charge < -0.3 is 5.73 Å². The Labute approximate surface area is 172 Å². The van der Waals surface area contributed by atoms with Gasteiger partial charge in [0.05, 0.1) is 11.4 Å². The number of nitrogens with two attached hydrogens (primary N) is 1. The molecule has 2 aromatic carbocycles. The molecule has 0 bridgehead atoms. The highest BCUT2D eigenvalue weighted by Crippen LogP contribution is 2.35. The molecule has 0 radical (unpaired) electrons. The maximum absolute atomic E-state index is 13.2. The second-order valence-electron chi connectivity index (χ2n) is 6.05. The summed E-state index contributed by atoms with van der Waals surface area (Å²) in [5.41, 5.74) is 8.25. The van der Waals surface area contributed by atoms with Gasteiger partial charge in [-0.2, -0.15) is 5.10 Å². The van der Waals surface area contributed by atoms with E-state index in [2.05, 4.69) is 21.0 Å². The Hall–Kier alpha value is -1.77. The van der Waals surface area contributed by atoms with Crippen LogP contribution < -0.4 is 5.73 Å². The first-order valence-corrected chi connectivity index (χ1v) is 11.6. The predicted octanol–water partition coefficient (Wildman–Crippen LogP) is 4.53. The van der Waals surface area contributed by atoms with Gasteiger partial charge in [0.15, 0.2) is 0 Å². The van der Waals surface area contributed by atoms with Crippen molar-refractivity contribution < 1.29 is 8.42 Å². The minimum Gasteiger partial charge on any atom is -0.383 e. The highest BCUT2D eigenvalue weighted by atomic mass is 79.9. The largest absolute Gasteiger partial charge is 0.383 e. The minimum atomic E-state index is -3.75. The van der Waals surface area contributed by atoms with E-state index in [1.165, 1.54) is 11.8 Å². The molecule has 0 unspecified atom stereocenters. The number of hydrogen-bond acceptors (Lipinski definition) is 5. The van der Waals surface area contributed by atoms with Crippen molar-refractivity contribution in [2.24, 2.45) is 0 Å². The van der Waals surface area contributed by atoms with Crippen molar-refractivity contribution in [3.63, 3.8) is 0 Å². The van der Waals surface area contributed by atoms with E-state index in [9.17, 15) is 8.42 Å². The summed E-state index contributed by atoms with van der Waals surface area (Å²) in [5.74, 6) is 0.861. The fraction of sp³-hybridized carbons (Fsp3) is 0.211. The Morgan fingerprint density at radius 2 is 1.74 bits per heavy atom. The third kappa shape index (κ3) is 4.23. The van der Waals surface area contributed by atoms with Crippen LogP contribution in [-0.4, -0.2) is 24.0 Å². The van der Waals surface area contributed by atoms with E-state index >= 15 is 0 Å². The number of anilines is 1. The molecule has 3 aromatic rings. The molecule has 2 N–H and O–H groups in total. The number of aromatic nitrogens is 2. The van der Waals surface area contributed by atoms with Crippen LogP contribution in [0.15, 0.2) is 67.8 Å². The van der Waals surface area contributed by atoms with E-state index in [0.717, 1.165) is 15.6 Å². The zero-order valence-electron chi connectivity index (χ0n) is 15.0. The molecule has 142 valence electrons. The number of thioether (sulfide) groups is 1. The highest BCUT2D eigenvalue weighted by molar-refractivity contribution is 9.10. The molecule has 8 heteroatoms. The quantitative estimate of drug-likeness (QED) is 0.540. The number of aryl methyl sites for hydroxylation is 1. The molecule has 0 spiro atoms. The van der Waals surface area contributed by atoms with Crippen LogP contribution in [0.25, 0.3) is 0 Å². The predicted molar refractivity (Wildman–Crippen MR) is 113 cm³/mol. The second-order valence-corrected chi connectivity index (χ2v) is 10.1. The fourth-order valence-corrected chi connectivity index (χ4v) is 5.46. The molecule has 0 aliphatic heterocycles. The van der Waals surface area contributed by atoms with Crippen LogP contribution in [0.2, 0.25) is 0 Å². The van der Waals surface area contributed by atoms with E-state index in [4.69, 9.17) is 5.73 Å². The lowest BCUT2D eigenvalue weighted by Gasteiger charge is -2.07. The summed E-state index contributed by atoms with van der Waals surface area (Å²) in [4.78, 5) is 0.316. The first-order chi connectivity index (χ1) is 12.8. The topological polar surface area (TPSA) is 78.0 Å². The van der Waals surface area contributed by atoms with Crippen molar-refractivity contribution in [1.82, 2.24) is 9.78 Å². The Morgan fingerprint density at radius 3 is 2.33 bits per heavy atom. The molecule has 0 atom stereocenters. The molecule has 0 amide bonds. The van der Waals surface area contributed by atoms with Crippen LogP contribution >= 0.6 is 27.7 Å². The molecule has 0 saturated carbocycles. The van der Waals surface area contributed by atoms with E-state index in [1.807, 2.05) is 38.1 Å². The average Bonchev–Trinajstić information content (AvgIpc) is 2.93. The van der Waals surface area contributed by atoms with E-state index in [-0.39, 0.29) is 15.6 Å². The maximum atomic E-state index is 13.2. The smallest absolute Gasteiger partial charge is 0.212 e. The van der Waals surface area contributed by atoms with Crippen molar-refractivity contribution in [2.75, 3.05) is 11.5 Å². The van der Waals surface area contributed by atoms with E-state index < -0.39 is 9.84 Å². The summed E-state index contributed by atoms with van der Waals surface area (Å²) in [6.07, 6.45) is 0. The lowest BCUT2D eigenvalue weighted by atomic mass is 10.2. The van der Waals surface area contributed by atoms with Crippen LogP contribution in [0, 0.1) is 6.92 Å². The summed E-state index contributed by atoms with van der Waals surface area (Å²) in [6.45, 7) is 4.27. The van der Waals surface area contributed by atoms with Gasteiger partial charge >= 0.3 is 0 Å². The summed E-state index contributed by atoms with van der Waals surface area (Å²) in [6, 6.07) is 14.5. The number of nitrogen functional groups attached to an aromatic ring is 1. The van der Waals surface area contributed by atoms with Crippen LogP contribution in [0.4, 0.5) is 5.82 Å². The normalized spacial score (nSPS) is 11.7. The van der Waals surface area contributed by atoms with Crippen molar-refractivity contribution in [1.29, 1.82) is 0 Å². The first kappa shape index (κ1) is 20.0. The zero-order chi connectivity index (χ0) is 19.6. The molecule has 5 nitrogen and oxygen atoms in total. The number of rotatable bonds is 6. The molecular formula is C19H20BrN3O2S2. The standard InChI is InChI=1S/C19H20BrN3O2S2/c1-3-26-19-17(27(24,25)16-10-4-13(2)5-11-16)18(21)23(22-19)12-14-6-8-15(20)9-7-14/h4-11H,3,12,21H2,1-2H3. The number of nitrogens with zero attached hydrogens (tertiary/aromatic N) is 2. The van der Waals surface area contributed by atoms with Gasteiger partial charge in [0, 0.05) is 4.47 Å². The van der Waals surface area contributed by atoms with Crippen LogP contribution in [-0.2, 0) is 16.4 Å². The summed E-state index contributed by atoms with van der Waals surface area (Å²) < 4.78 is 29.0. The molecule has 0 aliphatic carbocycles. The molecule has 1 aromatic heterocycles. The average molecular weight is 466 g/mol. The zero-order valence-corrected chi connectivity index (χ0v) is 18.2. The van der Waals surface area contributed by atoms with Crippen LogP contribution in [0.5, 0.6) is 0 Å². The van der Waals surface area contributed by atoms with Gasteiger partial charge in [0.2, 0.25) is 9.84 Å². The van der Waals surface area contributed by atoms with Crippen LogP contribution in [0.1, 0.15) is 18.1 Å². The number of hydrogen-bond donors (Lipinski definition) is 1. The van der Waals surface area contributed by atoms with Gasteiger partial charge in [-0.1, -0.05) is 52.7 Å². The number of benzene rings is 2. The third-order valence-corrected chi connectivity index (χ3v) is 7.38. The first-order valence-electron chi connectivity index (χ1n) is 8.38. The Balaban J connectivity index is 2.07. The number of sulfone groups is 1. The van der Waals surface area contributed by atoms with Gasteiger partial charge in [-0.15, -0.1) is 11.8 Å². The van der Waals surface area contributed by atoms with Crippen molar-refractivity contribution in [3.05, 3.63) is 64.1 Å². The maximum Gasteiger partial charge on any atom is 0.212 e. The molecule has 0 fully saturated rings.